The number of carbonyl (C=O) groups excluding carboxylic acids is 1. The van der Waals surface area contributed by atoms with Crippen LogP contribution in [0.5, 0.6) is 0 Å². The van der Waals surface area contributed by atoms with Crippen LogP contribution in [0.1, 0.15) is 19.8 Å². The van der Waals surface area contributed by atoms with Crippen LogP contribution >= 0.6 is 0 Å². The molecule has 1 spiro atoms. The number of hydrogen-bond donors (Lipinski definition) is 0. The highest BCUT2D eigenvalue weighted by Gasteiger charge is 2.84. The van der Waals surface area contributed by atoms with E-state index in [0.29, 0.717) is 17.4 Å². The molecule has 3 heteroatoms. The van der Waals surface area contributed by atoms with Crippen molar-refractivity contribution in [2.75, 3.05) is 0 Å². The van der Waals surface area contributed by atoms with E-state index in [4.69, 9.17) is 9.47 Å². The maximum atomic E-state index is 11.7. The lowest BCUT2D eigenvalue weighted by Crippen LogP contribution is -2.58. The van der Waals surface area contributed by atoms with E-state index >= 15 is 0 Å². The first-order valence-electron chi connectivity index (χ1n) is 6.27. The summed E-state index contributed by atoms with van der Waals surface area (Å²) in [4.78, 5) is 11.7. The molecule has 1 saturated heterocycles. The zero-order valence-electron chi connectivity index (χ0n) is 9.94. The van der Waals surface area contributed by atoms with Crippen molar-refractivity contribution in [3.05, 3.63) is 24.5 Å². The molecule has 5 unspecified atom stereocenters. The minimum Gasteiger partial charge on any atom is -0.491 e. The van der Waals surface area contributed by atoms with E-state index < -0.39 is 0 Å². The van der Waals surface area contributed by atoms with Gasteiger partial charge in [-0.05, 0) is 25.7 Å². The van der Waals surface area contributed by atoms with Gasteiger partial charge in [0, 0.05) is 22.8 Å². The second-order valence-electron chi connectivity index (χ2n) is 6.04. The fraction of sp³-hybridized carbons (Fsp3) is 0.643. The van der Waals surface area contributed by atoms with Crippen molar-refractivity contribution in [1.82, 2.24) is 0 Å². The van der Waals surface area contributed by atoms with Crippen LogP contribution in [0.25, 0.3) is 0 Å². The number of hydrogen-bond acceptors (Lipinski definition) is 3. The van der Waals surface area contributed by atoms with Crippen LogP contribution in [0.4, 0.5) is 0 Å². The molecule has 4 fully saturated rings. The lowest BCUT2D eigenvalue weighted by molar-refractivity contribution is -0.188. The van der Waals surface area contributed by atoms with Gasteiger partial charge >= 0.3 is 5.97 Å². The minimum atomic E-state index is -0.280. The van der Waals surface area contributed by atoms with Crippen LogP contribution in [-0.2, 0) is 14.3 Å². The van der Waals surface area contributed by atoms with Crippen molar-refractivity contribution in [1.29, 1.82) is 0 Å². The van der Waals surface area contributed by atoms with Gasteiger partial charge < -0.3 is 9.47 Å². The highest BCUT2D eigenvalue weighted by molar-refractivity contribution is 5.87. The highest BCUT2D eigenvalue weighted by atomic mass is 16.6. The molecule has 6 atom stereocenters. The summed E-state index contributed by atoms with van der Waals surface area (Å²) in [6.45, 7) is 9.31. The van der Waals surface area contributed by atoms with Gasteiger partial charge in [0.05, 0.1) is 5.76 Å². The maximum Gasteiger partial charge on any atom is 0.333 e. The van der Waals surface area contributed by atoms with Crippen molar-refractivity contribution in [2.24, 2.45) is 23.2 Å². The zero-order valence-corrected chi connectivity index (χ0v) is 9.94. The summed E-state index contributed by atoms with van der Waals surface area (Å²) in [6, 6.07) is 0. The third-order valence-corrected chi connectivity index (χ3v) is 5.26. The lowest BCUT2D eigenvalue weighted by Gasteiger charge is -2.46. The molecular weight excluding hydrogens is 216 g/mol. The van der Waals surface area contributed by atoms with Gasteiger partial charge in [-0.25, -0.2) is 4.79 Å². The Bertz CT molecular complexity index is 466. The smallest absolute Gasteiger partial charge is 0.333 e. The number of rotatable bonds is 2. The number of allylic oxidation sites excluding steroid dienone is 1. The van der Waals surface area contributed by atoms with Crippen molar-refractivity contribution < 1.29 is 14.3 Å². The molecule has 0 N–H and O–H groups in total. The molecular formula is C14H16O3. The van der Waals surface area contributed by atoms with Gasteiger partial charge in [0.25, 0.3) is 0 Å². The second kappa shape index (κ2) is 2.60. The van der Waals surface area contributed by atoms with Gasteiger partial charge in [-0.1, -0.05) is 13.2 Å². The third-order valence-electron chi connectivity index (χ3n) is 5.26. The average molecular weight is 232 g/mol. The highest BCUT2D eigenvalue weighted by Crippen LogP contribution is 2.81. The Kier molecular flexibility index (Phi) is 1.49. The summed E-state index contributed by atoms with van der Waals surface area (Å²) in [5.41, 5.74) is 0.716. The quantitative estimate of drug-likeness (QED) is 0.540. The van der Waals surface area contributed by atoms with Crippen molar-refractivity contribution >= 4 is 5.97 Å². The molecule has 0 aromatic heterocycles. The summed E-state index contributed by atoms with van der Waals surface area (Å²) in [6.07, 6.45) is 2.41. The monoisotopic (exact) mass is 232 g/mol. The molecule has 0 aromatic rings. The molecule has 4 rings (SSSR count). The molecule has 0 bridgehead atoms. The Labute approximate surface area is 100 Å². The lowest BCUT2D eigenvalue weighted by atomic mass is 9.64. The summed E-state index contributed by atoms with van der Waals surface area (Å²) in [5.74, 6) is 2.47. The first-order valence-corrected chi connectivity index (χ1v) is 6.27. The molecule has 1 heterocycles. The molecule has 0 aromatic carbocycles. The van der Waals surface area contributed by atoms with Gasteiger partial charge in [0.15, 0.2) is 0 Å². The summed E-state index contributed by atoms with van der Waals surface area (Å²) in [7, 11) is 0. The molecule has 17 heavy (non-hydrogen) atoms. The SMILES string of the molecule is C=C(C)C(=O)OC1C2OC(=C)C3CC4C[C@@]41C32. The Morgan fingerprint density at radius 1 is 1.59 bits per heavy atom. The minimum absolute atomic E-state index is 0.0500. The molecule has 90 valence electrons. The topological polar surface area (TPSA) is 35.5 Å². The van der Waals surface area contributed by atoms with E-state index in [1.54, 1.807) is 6.92 Å². The Morgan fingerprint density at radius 2 is 2.35 bits per heavy atom. The fourth-order valence-electron chi connectivity index (χ4n) is 4.48. The standard InChI is InChI=1S/C14H16O3/c1-6(2)13(15)17-12-11-10-9(7(3)16-11)4-8-5-14(8,10)12/h8-12H,1,3-5H2,2H3/t8?,9?,10?,11?,12?,14-/m0/s1. The van der Waals surface area contributed by atoms with Gasteiger partial charge in [-0.2, -0.15) is 0 Å². The van der Waals surface area contributed by atoms with E-state index in [1.807, 2.05) is 0 Å². The normalized spacial score (nSPS) is 52.1. The molecule has 4 aliphatic rings. The van der Waals surface area contributed by atoms with E-state index in [1.165, 1.54) is 12.8 Å². The van der Waals surface area contributed by atoms with Crippen LogP contribution in [0.15, 0.2) is 24.5 Å². The van der Waals surface area contributed by atoms with E-state index in [9.17, 15) is 4.79 Å². The Balaban J connectivity index is 1.61. The van der Waals surface area contributed by atoms with Gasteiger partial charge in [-0.3, -0.25) is 0 Å². The van der Waals surface area contributed by atoms with Crippen LogP contribution in [0.3, 0.4) is 0 Å². The average Bonchev–Trinajstić information content (AvgIpc) is 2.82. The van der Waals surface area contributed by atoms with Crippen LogP contribution in [0, 0.1) is 23.2 Å². The Morgan fingerprint density at radius 3 is 3.06 bits per heavy atom. The van der Waals surface area contributed by atoms with E-state index in [0.717, 1.165) is 11.7 Å². The second-order valence-corrected chi connectivity index (χ2v) is 6.04. The largest absolute Gasteiger partial charge is 0.491 e. The zero-order chi connectivity index (χ0) is 11.9. The molecule has 3 saturated carbocycles. The first-order chi connectivity index (χ1) is 8.05. The summed E-state index contributed by atoms with van der Waals surface area (Å²) < 4.78 is 11.4. The van der Waals surface area contributed by atoms with Gasteiger partial charge in [0.1, 0.15) is 12.2 Å². The summed E-state index contributed by atoms with van der Waals surface area (Å²) in [5, 5.41) is 0. The fourth-order valence-corrected chi connectivity index (χ4v) is 4.48. The Hall–Kier alpha value is -1.25. The van der Waals surface area contributed by atoms with Crippen LogP contribution in [0.2, 0.25) is 0 Å². The molecule has 0 amide bonds. The molecule has 1 aliphatic heterocycles. The first kappa shape index (κ1) is 9.75. The van der Waals surface area contributed by atoms with Gasteiger partial charge in [0.2, 0.25) is 0 Å². The van der Waals surface area contributed by atoms with Crippen molar-refractivity contribution in [3.8, 4) is 0 Å². The number of esters is 1. The third kappa shape index (κ3) is 0.895. The van der Waals surface area contributed by atoms with Gasteiger partial charge in [-0.15, -0.1) is 0 Å². The number of ether oxygens (including phenoxy) is 2. The van der Waals surface area contributed by atoms with Crippen molar-refractivity contribution in [3.63, 3.8) is 0 Å². The predicted molar refractivity (Wildman–Crippen MR) is 60.8 cm³/mol. The molecule has 0 radical (unpaired) electrons. The van der Waals surface area contributed by atoms with E-state index in [2.05, 4.69) is 13.2 Å². The molecule has 3 nitrogen and oxygen atoms in total. The van der Waals surface area contributed by atoms with Crippen molar-refractivity contribution in [2.45, 2.75) is 32.0 Å². The maximum absolute atomic E-state index is 11.7. The predicted octanol–water partition coefficient (Wildman–Crippen LogP) is 2.04. The van der Waals surface area contributed by atoms with Crippen LogP contribution in [-0.4, -0.2) is 18.2 Å². The molecule has 3 aliphatic carbocycles. The van der Waals surface area contributed by atoms with E-state index in [-0.39, 0.29) is 23.6 Å². The summed E-state index contributed by atoms with van der Waals surface area (Å²) >= 11 is 0. The number of carbonyl (C=O) groups is 1. The van der Waals surface area contributed by atoms with Crippen LogP contribution < -0.4 is 0 Å².